The van der Waals surface area contributed by atoms with Crippen molar-refractivity contribution in [3.63, 3.8) is 0 Å². The minimum absolute atomic E-state index is 0.00275. The third-order valence-electron chi connectivity index (χ3n) is 3.04. The van der Waals surface area contributed by atoms with Crippen LogP contribution < -0.4 is 5.32 Å². The molecule has 0 bridgehead atoms. The number of aromatic nitrogens is 3. The molecule has 1 amide bonds. The van der Waals surface area contributed by atoms with Gasteiger partial charge in [-0.15, -0.1) is 27.8 Å². The van der Waals surface area contributed by atoms with Gasteiger partial charge in [-0.2, -0.15) is 0 Å². The van der Waals surface area contributed by atoms with Crippen LogP contribution in [0.5, 0.6) is 0 Å². The molecular weight excluding hydrogens is 360 g/mol. The Kier molecular flexibility index (Phi) is 6.22. The maximum atomic E-state index is 11.8. The Morgan fingerprint density at radius 2 is 2.12 bits per heavy atom. The normalized spacial score (nSPS) is 11.2. The lowest BCUT2D eigenvalue weighted by atomic mass is 10.3. The van der Waals surface area contributed by atoms with Gasteiger partial charge in [0.15, 0.2) is 0 Å². The first-order valence-corrected chi connectivity index (χ1v) is 10.1. The van der Waals surface area contributed by atoms with E-state index in [9.17, 15) is 4.79 Å². The number of H-pyrrole nitrogens is 1. The fourth-order valence-corrected chi connectivity index (χ4v) is 3.87. The van der Waals surface area contributed by atoms with E-state index in [-0.39, 0.29) is 5.91 Å². The SMILES string of the molecule is O=C(CSc1n[nH]c(/C=C/c2cccs2)n1)NCCc1cccs1. The van der Waals surface area contributed by atoms with E-state index < -0.39 is 0 Å². The second kappa shape index (κ2) is 8.81. The van der Waals surface area contributed by atoms with Gasteiger partial charge in [0.25, 0.3) is 0 Å². The Balaban J connectivity index is 1.39. The minimum Gasteiger partial charge on any atom is -0.355 e. The number of hydrogen-bond donors (Lipinski definition) is 2. The van der Waals surface area contributed by atoms with E-state index in [4.69, 9.17) is 0 Å². The summed E-state index contributed by atoms with van der Waals surface area (Å²) in [6.45, 7) is 0.655. The molecule has 0 unspecified atom stereocenters. The second-order valence-corrected chi connectivity index (χ2v) is 7.77. The van der Waals surface area contributed by atoms with Crippen LogP contribution in [0.15, 0.2) is 40.2 Å². The van der Waals surface area contributed by atoms with Gasteiger partial charge >= 0.3 is 0 Å². The highest BCUT2D eigenvalue weighted by Crippen LogP contribution is 2.15. The monoisotopic (exact) mass is 376 g/mol. The lowest BCUT2D eigenvalue weighted by Crippen LogP contribution is -2.27. The van der Waals surface area contributed by atoms with Crippen molar-refractivity contribution in [3.05, 3.63) is 50.6 Å². The highest BCUT2D eigenvalue weighted by Gasteiger charge is 2.06. The molecule has 0 aliphatic carbocycles. The Morgan fingerprint density at radius 3 is 2.92 bits per heavy atom. The van der Waals surface area contributed by atoms with Crippen LogP contribution in [0.4, 0.5) is 0 Å². The molecule has 0 radical (unpaired) electrons. The predicted molar refractivity (Wildman–Crippen MR) is 101 cm³/mol. The lowest BCUT2D eigenvalue weighted by molar-refractivity contribution is -0.118. The number of carbonyl (C=O) groups excluding carboxylic acids is 1. The van der Waals surface area contributed by atoms with Crippen LogP contribution >= 0.6 is 34.4 Å². The van der Waals surface area contributed by atoms with Crippen molar-refractivity contribution in [2.75, 3.05) is 12.3 Å². The van der Waals surface area contributed by atoms with Crippen LogP contribution in [0.3, 0.4) is 0 Å². The maximum Gasteiger partial charge on any atom is 0.230 e. The van der Waals surface area contributed by atoms with Gasteiger partial charge in [0.05, 0.1) is 5.75 Å². The zero-order valence-electron chi connectivity index (χ0n) is 12.8. The van der Waals surface area contributed by atoms with E-state index in [0.717, 1.165) is 11.3 Å². The van der Waals surface area contributed by atoms with Gasteiger partial charge in [0.1, 0.15) is 5.82 Å². The van der Waals surface area contributed by atoms with Crippen molar-refractivity contribution in [2.24, 2.45) is 0 Å². The van der Waals surface area contributed by atoms with Gasteiger partial charge in [-0.25, -0.2) is 4.98 Å². The number of nitrogens with one attached hydrogen (secondary N) is 2. The molecule has 3 heterocycles. The number of aromatic amines is 1. The second-order valence-electron chi connectivity index (χ2n) is 4.82. The first-order valence-electron chi connectivity index (χ1n) is 7.35. The zero-order valence-corrected chi connectivity index (χ0v) is 15.2. The third-order valence-corrected chi connectivity index (χ3v) is 5.66. The Labute approximate surface area is 152 Å². The first kappa shape index (κ1) is 16.9. The van der Waals surface area contributed by atoms with Gasteiger partial charge in [0.2, 0.25) is 11.1 Å². The number of hydrogen-bond acceptors (Lipinski definition) is 6. The maximum absolute atomic E-state index is 11.8. The molecular formula is C16H16N4OS3. The number of amides is 1. The molecule has 8 heteroatoms. The zero-order chi connectivity index (χ0) is 16.6. The summed E-state index contributed by atoms with van der Waals surface area (Å²) in [5, 5.41) is 14.5. The van der Waals surface area contributed by atoms with Crippen LogP contribution in [0, 0.1) is 0 Å². The molecule has 24 heavy (non-hydrogen) atoms. The highest BCUT2D eigenvalue weighted by molar-refractivity contribution is 7.99. The molecule has 0 aliphatic heterocycles. The molecule has 0 fully saturated rings. The van der Waals surface area contributed by atoms with Gasteiger partial charge in [-0.1, -0.05) is 23.9 Å². The smallest absolute Gasteiger partial charge is 0.230 e. The molecule has 0 aromatic carbocycles. The minimum atomic E-state index is -0.00275. The number of nitrogens with zero attached hydrogens (tertiary/aromatic N) is 2. The number of thioether (sulfide) groups is 1. The van der Waals surface area contributed by atoms with E-state index in [2.05, 4.69) is 26.6 Å². The average molecular weight is 377 g/mol. The van der Waals surface area contributed by atoms with Gasteiger partial charge in [-0.3, -0.25) is 9.89 Å². The standard InChI is InChI=1S/C16H16N4OS3/c21-15(17-8-7-13-4-2-10-23-13)11-24-16-18-14(19-20-16)6-5-12-3-1-9-22-12/h1-6,9-10H,7-8,11H2,(H,17,21)(H,18,19,20)/b6-5+. The molecule has 3 aromatic heterocycles. The summed E-state index contributed by atoms with van der Waals surface area (Å²) in [5.41, 5.74) is 0. The van der Waals surface area contributed by atoms with Crippen LogP contribution in [0.1, 0.15) is 15.6 Å². The van der Waals surface area contributed by atoms with Crippen molar-refractivity contribution in [1.82, 2.24) is 20.5 Å². The Morgan fingerprint density at radius 1 is 1.25 bits per heavy atom. The van der Waals surface area contributed by atoms with Crippen molar-refractivity contribution in [1.29, 1.82) is 0 Å². The average Bonchev–Trinajstić information content (AvgIpc) is 3.33. The number of thiophene rings is 2. The van der Waals surface area contributed by atoms with E-state index in [1.807, 2.05) is 41.1 Å². The van der Waals surface area contributed by atoms with Crippen LogP contribution in [0.25, 0.3) is 12.2 Å². The molecule has 0 saturated carbocycles. The van der Waals surface area contributed by atoms with Gasteiger partial charge < -0.3 is 5.32 Å². The van der Waals surface area contributed by atoms with Crippen molar-refractivity contribution in [2.45, 2.75) is 11.6 Å². The van der Waals surface area contributed by atoms with Crippen LogP contribution in [-0.2, 0) is 11.2 Å². The summed E-state index contributed by atoms with van der Waals surface area (Å²) in [7, 11) is 0. The van der Waals surface area contributed by atoms with E-state index in [1.165, 1.54) is 16.6 Å². The Bertz CT molecular complexity index is 778. The number of rotatable bonds is 8. The molecule has 0 saturated heterocycles. The summed E-state index contributed by atoms with van der Waals surface area (Å²) in [5.74, 6) is 0.997. The van der Waals surface area contributed by atoms with Crippen LogP contribution in [-0.4, -0.2) is 33.4 Å². The lowest BCUT2D eigenvalue weighted by Gasteiger charge is -2.02. The highest BCUT2D eigenvalue weighted by atomic mass is 32.2. The molecule has 5 nitrogen and oxygen atoms in total. The molecule has 3 aromatic rings. The topological polar surface area (TPSA) is 70.7 Å². The summed E-state index contributed by atoms with van der Waals surface area (Å²) in [6, 6.07) is 8.13. The fourth-order valence-electron chi connectivity index (χ4n) is 1.91. The summed E-state index contributed by atoms with van der Waals surface area (Å²) in [6.07, 6.45) is 4.73. The predicted octanol–water partition coefficient (Wildman–Crippen LogP) is 3.55. The van der Waals surface area contributed by atoms with Crippen molar-refractivity contribution in [3.8, 4) is 0 Å². The summed E-state index contributed by atoms with van der Waals surface area (Å²) >= 11 is 4.69. The quantitative estimate of drug-likeness (QED) is 0.590. The van der Waals surface area contributed by atoms with E-state index in [0.29, 0.717) is 23.3 Å². The van der Waals surface area contributed by atoms with E-state index >= 15 is 0 Å². The summed E-state index contributed by atoms with van der Waals surface area (Å²) in [4.78, 5) is 18.6. The largest absolute Gasteiger partial charge is 0.355 e. The van der Waals surface area contributed by atoms with E-state index in [1.54, 1.807) is 22.7 Å². The third kappa shape index (κ3) is 5.33. The molecule has 2 N–H and O–H groups in total. The fraction of sp³-hybridized carbons (Fsp3) is 0.188. The molecule has 124 valence electrons. The Hall–Kier alpha value is -1.90. The molecule has 0 aliphatic rings. The molecule has 0 spiro atoms. The first-order chi connectivity index (χ1) is 11.8. The number of carbonyl (C=O) groups is 1. The molecule has 3 rings (SSSR count). The van der Waals surface area contributed by atoms with Crippen LogP contribution in [0.2, 0.25) is 0 Å². The van der Waals surface area contributed by atoms with Gasteiger partial charge in [-0.05, 0) is 41.5 Å². The van der Waals surface area contributed by atoms with Crippen molar-refractivity contribution < 1.29 is 4.79 Å². The van der Waals surface area contributed by atoms with Crippen molar-refractivity contribution >= 4 is 52.5 Å². The summed E-state index contributed by atoms with van der Waals surface area (Å²) < 4.78 is 0. The molecule has 0 atom stereocenters. The van der Waals surface area contributed by atoms with Gasteiger partial charge in [0, 0.05) is 16.3 Å².